The third kappa shape index (κ3) is 4.32. The fraction of sp³-hybridized carbons (Fsp3) is 0.412. The molecule has 2 aliphatic rings. The molecule has 3 heterocycles. The third-order valence-electron chi connectivity index (χ3n) is 4.42. The van der Waals surface area contributed by atoms with Crippen molar-refractivity contribution in [2.24, 2.45) is 0 Å². The molecule has 8 heteroatoms. The summed E-state index contributed by atoms with van der Waals surface area (Å²) in [5.41, 5.74) is 3.10. The van der Waals surface area contributed by atoms with Gasteiger partial charge in [-0.2, -0.15) is 0 Å². The fourth-order valence-electron chi connectivity index (χ4n) is 3.18. The zero-order valence-electron chi connectivity index (χ0n) is 13.6. The molecule has 136 valence electrons. The first-order chi connectivity index (χ1) is 11.3. The van der Waals surface area contributed by atoms with Crippen LogP contribution in [0.3, 0.4) is 0 Å². The molecule has 0 saturated carbocycles. The first-order valence-electron chi connectivity index (χ1n) is 7.94. The summed E-state index contributed by atoms with van der Waals surface area (Å²) in [6.07, 6.45) is 2.09. The van der Waals surface area contributed by atoms with E-state index in [-0.39, 0.29) is 30.9 Å². The van der Waals surface area contributed by atoms with Gasteiger partial charge in [0.1, 0.15) is 30.7 Å². The highest BCUT2D eigenvalue weighted by molar-refractivity contribution is 5.85. The minimum atomic E-state index is -0.746. The molecular formula is C17H21Cl2FN4O. The molecule has 2 N–H and O–H groups in total. The molecular weight excluding hydrogens is 366 g/mol. The highest BCUT2D eigenvalue weighted by Gasteiger charge is 2.24. The summed E-state index contributed by atoms with van der Waals surface area (Å²) in [4.78, 5) is 8.75. The molecule has 0 aliphatic carbocycles. The fourth-order valence-corrected chi connectivity index (χ4v) is 3.18. The Bertz CT molecular complexity index is 719. The zero-order valence-corrected chi connectivity index (χ0v) is 15.2. The standard InChI is InChI=1S/C17H19FN4O.2ClH/c18-12-6-13(19-7-12)8-20-17-14-5-11-3-1-2-4-16(11)23-9-15(14)21-10-22-17;;/h1-4,10,12-13,19H,5-9H2,(H,20,21,22);2*1H/t12-,13-;;/m0../s1. The van der Waals surface area contributed by atoms with Gasteiger partial charge in [-0.25, -0.2) is 14.4 Å². The Morgan fingerprint density at radius 3 is 2.88 bits per heavy atom. The number of fused-ring (bicyclic) bond motifs is 2. The summed E-state index contributed by atoms with van der Waals surface area (Å²) in [6, 6.07) is 8.16. The van der Waals surface area contributed by atoms with Crippen molar-refractivity contribution in [2.75, 3.05) is 18.4 Å². The first-order valence-corrected chi connectivity index (χ1v) is 7.94. The molecule has 0 spiro atoms. The molecule has 0 amide bonds. The predicted molar refractivity (Wildman–Crippen MR) is 99.9 cm³/mol. The van der Waals surface area contributed by atoms with Crippen LogP contribution in [-0.2, 0) is 13.0 Å². The number of aromatic nitrogens is 2. The van der Waals surface area contributed by atoms with Crippen molar-refractivity contribution >= 4 is 30.6 Å². The van der Waals surface area contributed by atoms with Crippen LogP contribution in [0.15, 0.2) is 30.6 Å². The van der Waals surface area contributed by atoms with Crippen molar-refractivity contribution in [2.45, 2.75) is 31.7 Å². The summed E-state index contributed by atoms with van der Waals surface area (Å²) in [6.45, 7) is 1.54. The van der Waals surface area contributed by atoms with Gasteiger partial charge in [0.25, 0.3) is 0 Å². The number of hydrogen-bond donors (Lipinski definition) is 2. The number of halogens is 3. The van der Waals surface area contributed by atoms with Gasteiger partial charge in [0.2, 0.25) is 0 Å². The van der Waals surface area contributed by atoms with Crippen molar-refractivity contribution in [1.29, 1.82) is 0 Å². The zero-order chi connectivity index (χ0) is 15.6. The number of nitrogens with zero attached hydrogens (tertiary/aromatic N) is 2. The number of nitrogens with one attached hydrogen (secondary N) is 2. The van der Waals surface area contributed by atoms with E-state index in [0.29, 0.717) is 26.1 Å². The van der Waals surface area contributed by atoms with Gasteiger partial charge in [0, 0.05) is 31.1 Å². The van der Waals surface area contributed by atoms with Gasteiger partial charge in [0.05, 0.1) is 5.69 Å². The second-order valence-corrected chi connectivity index (χ2v) is 6.04. The normalized spacial score (nSPS) is 20.8. The van der Waals surface area contributed by atoms with Crippen LogP contribution in [0.1, 0.15) is 23.2 Å². The highest BCUT2D eigenvalue weighted by atomic mass is 35.5. The lowest BCUT2D eigenvalue weighted by Crippen LogP contribution is -2.30. The average molecular weight is 387 g/mol. The SMILES string of the molecule is Cl.Cl.F[C@@H]1CN[C@H](CNc2ncnc3c2Cc2ccccc2OC3)C1. The second kappa shape index (κ2) is 8.65. The Balaban J connectivity index is 0.00000113. The first kappa shape index (κ1) is 19.7. The number of rotatable bonds is 3. The predicted octanol–water partition coefficient (Wildman–Crippen LogP) is 2.92. The number of anilines is 1. The minimum Gasteiger partial charge on any atom is -0.487 e. The van der Waals surface area contributed by atoms with Crippen molar-refractivity contribution in [3.05, 3.63) is 47.4 Å². The average Bonchev–Trinajstić information content (AvgIpc) is 2.89. The molecule has 0 radical (unpaired) electrons. The maximum atomic E-state index is 13.3. The van der Waals surface area contributed by atoms with Crippen LogP contribution >= 0.6 is 24.8 Å². The molecule has 2 atom stereocenters. The molecule has 25 heavy (non-hydrogen) atoms. The summed E-state index contributed by atoms with van der Waals surface area (Å²) >= 11 is 0. The number of benzene rings is 1. The Morgan fingerprint density at radius 2 is 2.08 bits per heavy atom. The monoisotopic (exact) mass is 386 g/mol. The van der Waals surface area contributed by atoms with Gasteiger partial charge in [-0.15, -0.1) is 24.8 Å². The van der Waals surface area contributed by atoms with E-state index in [0.717, 1.165) is 34.8 Å². The largest absolute Gasteiger partial charge is 0.487 e. The maximum absolute atomic E-state index is 13.3. The summed E-state index contributed by atoms with van der Waals surface area (Å²) in [5, 5.41) is 6.54. The van der Waals surface area contributed by atoms with Crippen molar-refractivity contribution in [3.63, 3.8) is 0 Å². The summed E-state index contributed by atoms with van der Waals surface area (Å²) in [7, 11) is 0. The molecule has 1 fully saturated rings. The van der Waals surface area contributed by atoms with E-state index >= 15 is 0 Å². The van der Waals surface area contributed by atoms with Gasteiger partial charge in [-0.3, -0.25) is 0 Å². The van der Waals surface area contributed by atoms with E-state index in [1.54, 1.807) is 6.33 Å². The van der Waals surface area contributed by atoms with Gasteiger partial charge < -0.3 is 15.4 Å². The van der Waals surface area contributed by atoms with Crippen molar-refractivity contribution < 1.29 is 9.13 Å². The number of para-hydroxylation sites is 1. The lowest BCUT2D eigenvalue weighted by Gasteiger charge is -2.15. The van der Waals surface area contributed by atoms with Crippen LogP contribution in [0.25, 0.3) is 0 Å². The van der Waals surface area contributed by atoms with Crippen LogP contribution in [0, 0.1) is 0 Å². The van der Waals surface area contributed by atoms with Gasteiger partial charge in [-0.05, 0) is 18.1 Å². The summed E-state index contributed by atoms with van der Waals surface area (Å²) in [5.74, 6) is 1.72. The molecule has 0 unspecified atom stereocenters. The van der Waals surface area contributed by atoms with Crippen LogP contribution in [0.2, 0.25) is 0 Å². The van der Waals surface area contributed by atoms with Crippen LogP contribution in [0.4, 0.5) is 10.2 Å². The third-order valence-corrected chi connectivity index (χ3v) is 4.42. The molecule has 5 nitrogen and oxygen atoms in total. The Labute approximate surface area is 158 Å². The minimum absolute atomic E-state index is 0. The molecule has 2 aliphatic heterocycles. The Kier molecular flexibility index (Phi) is 6.81. The maximum Gasteiger partial charge on any atom is 0.133 e. The van der Waals surface area contributed by atoms with Gasteiger partial charge >= 0.3 is 0 Å². The highest BCUT2D eigenvalue weighted by Crippen LogP contribution is 2.30. The molecule has 1 aromatic carbocycles. The lowest BCUT2D eigenvalue weighted by atomic mass is 10.0. The molecule has 2 aromatic rings. The topological polar surface area (TPSA) is 59.1 Å². The second-order valence-electron chi connectivity index (χ2n) is 6.04. The quantitative estimate of drug-likeness (QED) is 0.848. The van der Waals surface area contributed by atoms with E-state index in [2.05, 4.69) is 26.7 Å². The summed E-state index contributed by atoms with van der Waals surface area (Å²) < 4.78 is 19.1. The molecule has 1 saturated heterocycles. The van der Waals surface area contributed by atoms with E-state index in [9.17, 15) is 4.39 Å². The Hall–Kier alpha value is -1.63. The van der Waals surface area contributed by atoms with E-state index in [1.165, 1.54) is 0 Å². The lowest BCUT2D eigenvalue weighted by molar-refractivity contribution is 0.302. The number of alkyl halides is 1. The molecule has 0 bridgehead atoms. The van der Waals surface area contributed by atoms with E-state index < -0.39 is 6.17 Å². The van der Waals surface area contributed by atoms with E-state index in [1.807, 2.05) is 18.2 Å². The van der Waals surface area contributed by atoms with Crippen LogP contribution < -0.4 is 15.4 Å². The van der Waals surface area contributed by atoms with Crippen molar-refractivity contribution in [3.8, 4) is 5.75 Å². The van der Waals surface area contributed by atoms with Gasteiger partial charge in [-0.1, -0.05) is 18.2 Å². The van der Waals surface area contributed by atoms with Crippen LogP contribution in [-0.4, -0.2) is 35.3 Å². The van der Waals surface area contributed by atoms with E-state index in [4.69, 9.17) is 4.74 Å². The van der Waals surface area contributed by atoms with Crippen LogP contribution in [0.5, 0.6) is 5.75 Å². The molecule has 4 rings (SSSR count). The number of ether oxygens (including phenoxy) is 1. The smallest absolute Gasteiger partial charge is 0.133 e. The molecule has 1 aromatic heterocycles. The van der Waals surface area contributed by atoms with Gasteiger partial charge in [0.15, 0.2) is 0 Å². The van der Waals surface area contributed by atoms with Crippen molar-refractivity contribution in [1.82, 2.24) is 15.3 Å². The Morgan fingerprint density at radius 1 is 1.24 bits per heavy atom. The number of hydrogen-bond acceptors (Lipinski definition) is 5.